The van der Waals surface area contributed by atoms with Crippen LogP contribution in [0.4, 0.5) is 0 Å². The average Bonchev–Trinajstić information content (AvgIpc) is 2.36. The van der Waals surface area contributed by atoms with E-state index < -0.39 is 0 Å². The van der Waals surface area contributed by atoms with Gasteiger partial charge in [-0.1, -0.05) is 45.0 Å². The summed E-state index contributed by atoms with van der Waals surface area (Å²) in [4.78, 5) is 11.9. The molecule has 0 saturated carbocycles. The molecule has 1 aromatic rings. The van der Waals surface area contributed by atoms with Crippen molar-refractivity contribution in [1.29, 1.82) is 0 Å². The van der Waals surface area contributed by atoms with Crippen molar-refractivity contribution in [3.05, 3.63) is 35.4 Å². The second-order valence-corrected chi connectivity index (χ2v) is 4.94. The molecule has 1 aromatic carbocycles. The molecule has 0 radical (unpaired) electrons. The molecule has 0 atom stereocenters. The molecule has 1 amide bonds. The normalized spacial score (nSPS) is 11.3. The molecule has 0 aliphatic rings. The zero-order valence-corrected chi connectivity index (χ0v) is 10.9. The molecule has 94 valence electrons. The van der Waals surface area contributed by atoms with Crippen molar-refractivity contribution in [2.24, 2.45) is 11.1 Å². The summed E-state index contributed by atoms with van der Waals surface area (Å²) in [5.41, 5.74) is 7.44. The van der Waals surface area contributed by atoms with E-state index in [0.29, 0.717) is 13.1 Å². The zero-order valence-electron chi connectivity index (χ0n) is 10.9. The van der Waals surface area contributed by atoms with Gasteiger partial charge >= 0.3 is 0 Å². The molecule has 3 nitrogen and oxygen atoms in total. The van der Waals surface area contributed by atoms with Gasteiger partial charge in [0.2, 0.25) is 5.91 Å². The van der Waals surface area contributed by atoms with Crippen LogP contribution in [-0.2, 0) is 17.9 Å². The third-order valence-corrected chi connectivity index (χ3v) is 3.21. The Balaban J connectivity index is 2.53. The fourth-order valence-corrected chi connectivity index (χ4v) is 1.38. The van der Waals surface area contributed by atoms with E-state index in [4.69, 9.17) is 5.73 Å². The Bertz CT molecular complexity index is 368. The minimum absolute atomic E-state index is 0.0999. The lowest BCUT2D eigenvalue weighted by Crippen LogP contribution is -2.35. The van der Waals surface area contributed by atoms with Gasteiger partial charge in [-0.15, -0.1) is 0 Å². The van der Waals surface area contributed by atoms with E-state index >= 15 is 0 Å². The quantitative estimate of drug-likeness (QED) is 0.820. The molecule has 3 N–H and O–H groups in total. The molecule has 0 unspecified atom stereocenters. The fourth-order valence-electron chi connectivity index (χ4n) is 1.38. The largest absolute Gasteiger partial charge is 0.352 e. The van der Waals surface area contributed by atoms with Gasteiger partial charge in [0.05, 0.1) is 0 Å². The molecule has 0 saturated heterocycles. The van der Waals surface area contributed by atoms with Gasteiger partial charge in [-0.2, -0.15) is 0 Å². The van der Waals surface area contributed by atoms with Crippen molar-refractivity contribution in [2.75, 3.05) is 0 Å². The van der Waals surface area contributed by atoms with Gasteiger partial charge in [0, 0.05) is 18.5 Å². The highest BCUT2D eigenvalue weighted by Gasteiger charge is 2.24. The number of carbonyl (C=O) groups excluding carboxylic acids is 1. The van der Waals surface area contributed by atoms with E-state index in [1.807, 2.05) is 45.0 Å². The smallest absolute Gasteiger partial charge is 0.225 e. The van der Waals surface area contributed by atoms with Gasteiger partial charge in [-0.25, -0.2) is 0 Å². The summed E-state index contributed by atoms with van der Waals surface area (Å²) in [7, 11) is 0. The maximum Gasteiger partial charge on any atom is 0.225 e. The van der Waals surface area contributed by atoms with Crippen LogP contribution in [0.2, 0.25) is 0 Å². The second kappa shape index (κ2) is 5.82. The van der Waals surface area contributed by atoms with Crippen molar-refractivity contribution >= 4 is 5.91 Å². The topological polar surface area (TPSA) is 55.1 Å². The molecule has 17 heavy (non-hydrogen) atoms. The van der Waals surface area contributed by atoms with Gasteiger partial charge in [0.25, 0.3) is 0 Å². The van der Waals surface area contributed by atoms with Gasteiger partial charge in [0.1, 0.15) is 0 Å². The van der Waals surface area contributed by atoms with E-state index in [2.05, 4.69) is 5.32 Å². The molecule has 1 rings (SSSR count). The Morgan fingerprint density at radius 3 is 2.24 bits per heavy atom. The summed E-state index contributed by atoms with van der Waals surface area (Å²) in [5, 5.41) is 2.96. The minimum atomic E-state index is -0.294. The van der Waals surface area contributed by atoms with Gasteiger partial charge in [-0.05, 0) is 17.5 Å². The number of hydrogen-bond donors (Lipinski definition) is 2. The monoisotopic (exact) mass is 234 g/mol. The number of nitrogens with two attached hydrogens (primary N) is 1. The van der Waals surface area contributed by atoms with Crippen LogP contribution in [0, 0.1) is 5.41 Å². The SMILES string of the molecule is CCC(C)(C)C(=O)NCc1ccc(CN)cc1. The Kier molecular flexibility index (Phi) is 4.70. The van der Waals surface area contributed by atoms with Crippen LogP contribution in [0.15, 0.2) is 24.3 Å². The lowest BCUT2D eigenvalue weighted by molar-refractivity contribution is -0.129. The first kappa shape index (κ1) is 13.7. The van der Waals surface area contributed by atoms with Crippen molar-refractivity contribution in [2.45, 2.75) is 40.3 Å². The van der Waals surface area contributed by atoms with Crippen LogP contribution < -0.4 is 11.1 Å². The van der Waals surface area contributed by atoms with Crippen molar-refractivity contribution in [3.8, 4) is 0 Å². The summed E-state index contributed by atoms with van der Waals surface area (Å²) in [6.45, 7) is 7.07. The maximum atomic E-state index is 11.9. The highest BCUT2D eigenvalue weighted by molar-refractivity contribution is 5.81. The fraction of sp³-hybridized carbons (Fsp3) is 0.500. The van der Waals surface area contributed by atoms with Crippen LogP contribution >= 0.6 is 0 Å². The van der Waals surface area contributed by atoms with Crippen LogP contribution in [0.1, 0.15) is 38.3 Å². The highest BCUT2D eigenvalue weighted by atomic mass is 16.2. The predicted molar refractivity (Wildman–Crippen MR) is 70.3 cm³/mol. The van der Waals surface area contributed by atoms with Crippen LogP contribution in [-0.4, -0.2) is 5.91 Å². The Morgan fingerprint density at radius 2 is 1.76 bits per heavy atom. The van der Waals surface area contributed by atoms with Crippen molar-refractivity contribution in [1.82, 2.24) is 5.32 Å². The number of carbonyl (C=O) groups is 1. The summed E-state index contributed by atoms with van der Waals surface area (Å²) < 4.78 is 0. The lowest BCUT2D eigenvalue weighted by atomic mass is 9.89. The van der Waals surface area contributed by atoms with Crippen LogP contribution in [0.3, 0.4) is 0 Å². The Labute approximate surface area is 103 Å². The molecule has 0 aromatic heterocycles. The van der Waals surface area contributed by atoms with Gasteiger partial charge in [-0.3, -0.25) is 4.79 Å². The van der Waals surface area contributed by atoms with Crippen LogP contribution in [0.5, 0.6) is 0 Å². The average molecular weight is 234 g/mol. The Hall–Kier alpha value is -1.35. The maximum absolute atomic E-state index is 11.9. The highest BCUT2D eigenvalue weighted by Crippen LogP contribution is 2.19. The summed E-state index contributed by atoms with van der Waals surface area (Å²) >= 11 is 0. The summed E-state index contributed by atoms with van der Waals surface area (Å²) in [5.74, 6) is 0.0999. The minimum Gasteiger partial charge on any atom is -0.352 e. The molecule has 0 bridgehead atoms. The standard InChI is InChI=1S/C14H22N2O/c1-4-14(2,3)13(17)16-10-12-7-5-11(9-15)6-8-12/h5-8H,4,9-10,15H2,1-3H3,(H,16,17). The van der Waals surface area contributed by atoms with Crippen molar-refractivity contribution in [3.63, 3.8) is 0 Å². The van der Waals surface area contributed by atoms with Crippen molar-refractivity contribution < 1.29 is 4.79 Å². The van der Waals surface area contributed by atoms with E-state index in [9.17, 15) is 4.79 Å². The van der Waals surface area contributed by atoms with Gasteiger partial charge < -0.3 is 11.1 Å². The zero-order chi connectivity index (χ0) is 12.9. The lowest BCUT2D eigenvalue weighted by Gasteiger charge is -2.21. The molecule has 0 aliphatic carbocycles. The van der Waals surface area contributed by atoms with E-state index in [-0.39, 0.29) is 11.3 Å². The number of benzene rings is 1. The third-order valence-electron chi connectivity index (χ3n) is 3.21. The number of hydrogen-bond acceptors (Lipinski definition) is 2. The third kappa shape index (κ3) is 3.86. The number of rotatable bonds is 5. The van der Waals surface area contributed by atoms with Gasteiger partial charge in [0.15, 0.2) is 0 Å². The Morgan fingerprint density at radius 1 is 1.24 bits per heavy atom. The first-order chi connectivity index (χ1) is 7.99. The number of nitrogens with one attached hydrogen (secondary N) is 1. The first-order valence-corrected chi connectivity index (χ1v) is 6.06. The first-order valence-electron chi connectivity index (χ1n) is 6.06. The number of amides is 1. The molecular weight excluding hydrogens is 212 g/mol. The molecule has 0 spiro atoms. The van der Waals surface area contributed by atoms with E-state index in [1.165, 1.54) is 0 Å². The predicted octanol–water partition coefficient (Wildman–Crippen LogP) is 2.20. The molecule has 3 heteroatoms. The summed E-state index contributed by atoms with van der Waals surface area (Å²) in [6.07, 6.45) is 0.838. The summed E-state index contributed by atoms with van der Waals surface area (Å²) in [6, 6.07) is 7.99. The molecular formula is C14H22N2O. The van der Waals surface area contributed by atoms with E-state index in [1.54, 1.807) is 0 Å². The van der Waals surface area contributed by atoms with Crippen LogP contribution in [0.25, 0.3) is 0 Å². The molecule has 0 fully saturated rings. The second-order valence-electron chi connectivity index (χ2n) is 4.94. The van der Waals surface area contributed by atoms with E-state index in [0.717, 1.165) is 17.5 Å². The molecule has 0 heterocycles. The molecule has 0 aliphatic heterocycles.